The predicted octanol–water partition coefficient (Wildman–Crippen LogP) is 2.92. The van der Waals surface area contributed by atoms with Crippen molar-refractivity contribution in [1.82, 2.24) is 15.1 Å². The number of fused-ring (bicyclic) bond motifs is 3. The van der Waals surface area contributed by atoms with Crippen LogP contribution in [-0.4, -0.2) is 78.2 Å². The van der Waals surface area contributed by atoms with Crippen molar-refractivity contribution in [3.8, 4) is 11.1 Å². The quantitative estimate of drug-likeness (QED) is 0.652. The Hall–Kier alpha value is -3.39. The van der Waals surface area contributed by atoms with E-state index in [9.17, 15) is 19.5 Å². The third-order valence-corrected chi connectivity index (χ3v) is 6.87. The molecular formula is C26H31N3O5. The summed E-state index contributed by atoms with van der Waals surface area (Å²) in [6.07, 6.45) is -0.404. The number of nitrogens with one attached hydrogen (secondary N) is 1. The molecule has 2 amide bonds. The number of amides is 2. The predicted molar refractivity (Wildman–Crippen MR) is 128 cm³/mol. The number of carbonyl (C=O) groups excluding carboxylic acids is 2. The zero-order valence-corrected chi connectivity index (χ0v) is 19.6. The number of hydrogen-bond acceptors (Lipinski definition) is 5. The lowest BCUT2D eigenvalue weighted by molar-refractivity contribution is -0.143. The van der Waals surface area contributed by atoms with Crippen molar-refractivity contribution >= 4 is 18.0 Å². The van der Waals surface area contributed by atoms with Crippen LogP contribution in [-0.2, 0) is 14.3 Å². The van der Waals surface area contributed by atoms with E-state index in [0.29, 0.717) is 19.6 Å². The van der Waals surface area contributed by atoms with Crippen molar-refractivity contribution in [2.45, 2.75) is 37.8 Å². The molecule has 180 valence electrons. The molecule has 1 heterocycles. The number of carbonyl (C=O) groups is 3. The first-order valence-corrected chi connectivity index (χ1v) is 11.7. The van der Waals surface area contributed by atoms with Gasteiger partial charge >= 0.3 is 12.1 Å². The Kier molecular flexibility index (Phi) is 7.17. The highest BCUT2D eigenvalue weighted by molar-refractivity contribution is 5.89. The molecule has 0 bridgehead atoms. The molecule has 2 aromatic carbocycles. The lowest BCUT2D eigenvalue weighted by Crippen LogP contribution is -2.58. The Balaban J connectivity index is 1.42. The lowest BCUT2D eigenvalue weighted by atomic mass is 9.98. The third-order valence-electron chi connectivity index (χ3n) is 6.87. The van der Waals surface area contributed by atoms with Crippen LogP contribution in [0.3, 0.4) is 0 Å². The van der Waals surface area contributed by atoms with Gasteiger partial charge in [-0.05, 0) is 35.7 Å². The molecule has 8 heteroatoms. The van der Waals surface area contributed by atoms with Gasteiger partial charge in [-0.15, -0.1) is 0 Å². The zero-order chi connectivity index (χ0) is 24.2. The average Bonchev–Trinajstić information content (AvgIpc) is 3.15. The minimum atomic E-state index is -1.17. The Bertz CT molecular complexity index is 1030. The topological polar surface area (TPSA) is 99.2 Å². The summed E-state index contributed by atoms with van der Waals surface area (Å²) in [6.45, 7) is 3.86. The van der Waals surface area contributed by atoms with Crippen molar-refractivity contribution in [2.24, 2.45) is 0 Å². The van der Waals surface area contributed by atoms with Crippen LogP contribution in [0.25, 0.3) is 11.1 Å². The van der Waals surface area contributed by atoms with Crippen LogP contribution in [0.15, 0.2) is 48.5 Å². The highest BCUT2D eigenvalue weighted by atomic mass is 16.5. The summed E-state index contributed by atoms with van der Waals surface area (Å²) in [6, 6.07) is 15.1. The van der Waals surface area contributed by atoms with Gasteiger partial charge in [-0.2, -0.15) is 0 Å². The maximum absolute atomic E-state index is 13.1. The van der Waals surface area contributed by atoms with E-state index < -0.39 is 24.5 Å². The fourth-order valence-electron chi connectivity index (χ4n) is 4.96. The van der Waals surface area contributed by atoms with Gasteiger partial charge in [-0.3, -0.25) is 14.5 Å². The SMILES string of the molecule is CCC1CN(C(=O)C(CC(=O)O)NC(=O)OCC2c3ccccc3-c3ccccc32)CCN1C. The average molecular weight is 466 g/mol. The summed E-state index contributed by atoms with van der Waals surface area (Å²) in [5.74, 6) is -1.66. The highest BCUT2D eigenvalue weighted by Crippen LogP contribution is 2.44. The molecule has 4 rings (SSSR count). The molecule has 2 aromatic rings. The fraction of sp³-hybridized carbons (Fsp3) is 0.423. The smallest absolute Gasteiger partial charge is 0.407 e. The van der Waals surface area contributed by atoms with Gasteiger partial charge in [0, 0.05) is 31.6 Å². The second kappa shape index (κ2) is 10.3. The van der Waals surface area contributed by atoms with E-state index in [-0.39, 0.29) is 24.5 Å². The van der Waals surface area contributed by atoms with E-state index in [1.807, 2.05) is 43.4 Å². The molecule has 0 aromatic heterocycles. The largest absolute Gasteiger partial charge is 0.481 e. The first-order chi connectivity index (χ1) is 16.4. The molecule has 34 heavy (non-hydrogen) atoms. The molecule has 1 fully saturated rings. The number of carboxylic acid groups (broad SMARTS) is 1. The van der Waals surface area contributed by atoms with Gasteiger partial charge in [0.15, 0.2) is 0 Å². The molecule has 1 aliphatic heterocycles. The Morgan fingerprint density at radius 2 is 1.68 bits per heavy atom. The van der Waals surface area contributed by atoms with E-state index in [1.165, 1.54) is 0 Å². The number of benzene rings is 2. The monoisotopic (exact) mass is 465 g/mol. The minimum Gasteiger partial charge on any atom is -0.481 e. The van der Waals surface area contributed by atoms with Crippen molar-refractivity contribution in [3.05, 3.63) is 59.7 Å². The molecule has 0 spiro atoms. The van der Waals surface area contributed by atoms with E-state index in [2.05, 4.69) is 29.3 Å². The van der Waals surface area contributed by atoms with Crippen LogP contribution in [0.4, 0.5) is 4.79 Å². The van der Waals surface area contributed by atoms with Crippen LogP contribution in [0.5, 0.6) is 0 Å². The summed E-state index contributed by atoms with van der Waals surface area (Å²) >= 11 is 0. The van der Waals surface area contributed by atoms with Crippen molar-refractivity contribution < 1.29 is 24.2 Å². The van der Waals surface area contributed by atoms with Gasteiger partial charge in [-0.1, -0.05) is 55.5 Å². The van der Waals surface area contributed by atoms with Gasteiger partial charge in [0.25, 0.3) is 0 Å². The Labute approximate surface area is 199 Å². The van der Waals surface area contributed by atoms with Gasteiger partial charge in [0.05, 0.1) is 6.42 Å². The molecule has 1 saturated heterocycles. The van der Waals surface area contributed by atoms with Crippen LogP contribution in [0, 0.1) is 0 Å². The number of nitrogens with zero attached hydrogens (tertiary/aromatic N) is 2. The first-order valence-electron chi connectivity index (χ1n) is 11.7. The van der Waals surface area contributed by atoms with E-state index in [1.54, 1.807) is 4.90 Å². The van der Waals surface area contributed by atoms with Crippen LogP contribution < -0.4 is 5.32 Å². The number of hydrogen-bond donors (Lipinski definition) is 2. The number of aliphatic carboxylic acids is 1. The number of rotatable bonds is 7. The number of piperazine rings is 1. The number of likely N-dealkylation sites (N-methyl/N-ethyl adjacent to an activating group) is 1. The van der Waals surface area contributed by atoms with E-state index >= 15 is 0 Å². The van der Waals surface area contributed by atoms with Gasteiger partial charge in [-0.25, -0.2) is 4.79 Å². The molecule has 1 aliphatic carbocycles. The summed E-state index contributed by atoms with van der Waals surface area (Å²) in [4.78, 5) is 41.0. The molecule has 2 N–H and O–H groups in total. The second-order valence-corrected chi connectivity index (χ2v) is 8.95. The standard InChI is InChI=1S/C26H31N3O5/c1-3-17-15-29(13-12-28(17)2)25(32)23(14-24(30)31)27-26(33)34-16-22-20-10-6-4-8-18(20)19-9-5-7-11-21(19)22/h4-11,17,22-23H,3,12-16H2,1-2H3,(H,27,33)(H,30,31). The number of ether oxygens (including phenoxy) is 1. The summed E-state index contributed by atoms with van der Waals surface area (Å²) in [5.41, 5.74) is 4.40. The Morgan fingerprint density at radius 3 is 2.26 bits per heavy atom. The molecule has 0 radical (unpaired) electrons. The summed E-state index contributed by atoms with van der Waals surface area (Å²) < 4.78 is 5.53. The first kappa shape index (κ1) is 23.8. The van der Waals surface area contributed by atoms with Crippen LogP contribution in [0.1, 0.15) is 36.8 Å². The maximum atomic E-state index is 13.1. The van der Waals surface area contributed by atoms with Gasteiger partial charge in [0.1, 0.15) is 12.6 Å². The Morgan fingerprint density at radius 1 is 1.06 bits per heavy atom. The van der Waals surface area contributed by atoms with E-state index in [0.717, 1.165) is 28.7 Å². The minimum absolute atomic E-state index is 0.0975. The normalized spacial score (nSPS) is 18.6. The van der Waals surface area contributed by atoms with Crippen molar-refractivity contribution in [3.63, 3.8) is 0 Å². The fourth-order valence-corrected chi connectivity index (χ4v) is 4.96. The van der Waals surface area contributed by atoms with Gasteiger partial charge in [0.2, 0.25) is 5.91 Å². The van der Waals surface area contributed by atoms with Crippen molar-refractivity contribution in [1.29, 1.82) is 0 Å². The van der Waals surface area contributed by atoms with Crippen LogP contribution >= 0.6 is 0 Å². The maximum Gasteiger partial charge on any atom is 0.407 e. The molecule has 2 unspecified atom stereocenters. The molecule has 0 saturated carbocycles. The lowest BCUT2D eigenvalue weighted by Gasteiger charge is -2.40. The van der Waals surface area contributed by atoms with Crippen LogP contribution in [0.2, 0.25) is 0 Å². The number of carboxylic acids is 1. The molecule has 2 aliphatic rings. The number of alkyl carbamates (subject to hydrolysis) is 1. The third kappa shape index (κ3) is 4.92. The zero-order valence-electron chi connectivity index (χ0n) is 19.6. The van der Waals surface area contributed by atoms with E-state index in [4.69, 9.17) is 4.74 Å². The van der Waals surface area contributed by atoms with Crippen molar-refractivity contribution in [2.75, 3.05) is 33.3 Å². The highest BCUT2D eigenvalue weighted by Gasteiger charge is 2.34. The summed E-state index contributed by atoms with van der Waals surface area (Å²) in [5, 5.41) is 11.8. The second-order valence-electron chi connectivity index (χ2n) is 8.95. The summed E-state index contributed by atoms with van der Waals surface area (Å²) in [7, 11) is 2.01. The van der Waals surface area contributed by atoms with Gasteiger partial charge < -0.3 is 20.1 Å². The molecular weight excluding hydrogens is 434 g/mol. The molecule has 2 atom stereocenters. The molecule has 8 nitrogen and oxygen atoms in total.